The highest BCUT2D eigenvalue weighted by atomic mass is 28.5. The molecule has 9 nitrogen and oxygen atoms in total. The van der Waals surface area contributed by atoms with Crippen molar-refractivity contribution in [3.8, 4) is 0 Å². The van der Waals surface area contributed by atoms with Crippen LogP contribution in [0.1, 0.15) is 40.0 Å². The summed E-state index contributed by atoms with van der Waals surface area (Å²) in [5, 5.41) is 9.01. The van der Waals surface area contributed by atoms with Crippen LogP contribution in [0.3, 0.4) is 0 Å². The van der Waals surface area contributed by atoms with E-state index >= 15 is 0 Å². The fourth-order valence-corrected chi connectivity index (χ4v) is 8.68. The predicted molar refractivity (Wildman–Crippen MR) is 107 cm³/mol. The molecule has 0 aromatic heterocycles. The molecule has 0 saturated heterocycles. The van der Waals surface area contributed by atoms with E-state index in [0.29, 0.717) is 32.2 Å². The van der Waals surface area contributed by atoms with Gasteiger partial charge in [0.25, 0.3) is 0 Å². The minimum atomic E-state index is -2.81. The maximum absolute atomic E-state index is 11.6. The van der Waals surface area contributed by atoms with Crippen LogP contribution in [0.15, 0.2) is 10.2 Å². The van der Waals surface area contributed by atoms with E-state index < -0.39 is 29.2 Å². The van der Waals surface area contributed by atoms with E-state index in [4.69, 9.17) is 13.0 Å². The van der Waals surface area contributed by atoms with Crippen LogP contribution in [0.5, 0.6) is 0 Å². The third-order valence-corrected chi connectivity index (χ3v) is 8.89. The van der Waals surface area contributed by atoms with Gasteiger partial charge in [0.2, 0.25) is 0 Å². The number of rotatable bonds is 13. The molecule has 0 aromatic carbocycles. The van der Waals surface area contributed by atoms with Gasteiger partial charge in [-0.1, -0.05) is 24.1 Å². The van der Waals surface area contributed by atoms with Crippen molar-refractivity contribution in [2.24, 2.45) is 10.2 Å². The molecule has 27 heavy (non-hydrogen) atoms. The van der Waals surface area contributed by atoms with Gasteiger partial charge in [0.05, 0.1) is 6.61 Å². The van der Waals surface area contributed by atoms with Crippen molar-refractivity contribution in [1.29, 1.82) is 0 Å². The van der Waals surface area contributed by atoms with Crippen molar-refractivity contribution in [3.63, 3.8) is 0 Å². The summed E-state index contributed by atoms with van der Waals surface area (Å²) in [5.74, 6) is 0. The highest BCUT2D eigenvalue weighted by Gasteiger charge is 2.44. The first-order valence-electron chi connectivity index (χ1n) is 9.52. The number of ether oxygens (including phenoxy) is 1. The summed E-state index contributed by atoms with van der Waals surface area (Å²) in [6.07, 6.45) is 1.49. The summed E-state index contributed by atoms with van der Waals surface area (Å²) in [5.41, 5.74) is 0. The second-order valence-electron chi connectivity index (χ2n) is 6.83. The maximum Gasteiger partial charge on any atom is 0.490 e. The maximum atomic E-state index is 11.6. The standard InChI is InChI=1S/C16H35N3O6Si2/c1-7-12-23-27(24-13-8-2,25-26(4,5)6)14-10-11-17-15(20)18-19-16(21)22-9-3/h7-14H2,1-6H3,(H,17,20)/b19-18+. The van der Waals surface area contributed by atoms with Gasteiger partial charge in [0.1, 0.15) is 0 Å². The zero-order valence-corrected chi connectivity index (χ0v) is 19.5. The number of amides is 3. The summed E-state index contributed by atoms with van der Waals surface area (Å²) < 4.78 is 23.1. The van der Waals surface area contributed by atoms with Crippen molar-refractivity contribution < 1.29 is 27.3 Å². The first kappa shape index (κ1) is 25.9. The van der Waals surface area contributed by atoms with E-state index in [9.17, 15) is 9.59 Å². The van der Waals surface area contributed by atoms with Gasteiger partial charge in [-0.3, -0.25) is 0 Å². The Balaban J connectivity index is 4.68. The molecule has 0 spiro atoms. The molecule has 3 amide bonds. The molecule has 0 heterocycles. The first-order chi connectivity index (χ1) is 12.7. The Kier molecular flexibility index (Phi) is 13.3. The van der Waals surface area contributed by atoms with Crippen LogP contribution in [0.4, 0.5) is 9.59 Å². The molecule has 1 N–H and O–H groups in total. The minimum absolute atomic E-state index is 0.179. The number of urea groups is 1. The van der Waals surface area contributed by atoms with Gasteiger partial charge in [0.15, 0.2) is 8.32 Å². The Bertz CT molecular complexity index is 464. The highest BCUT2D eigenvalue weighted by Crippen LogP contribution is 2.23. The summed E-state index contributed by atoms with van der Waals surface area (Å²) in [6.45, 7) is 13.8. The highest BCUT2D eigenvalue weighted by molar-refractivity contribution is 6.80. The molecule has 0 radical (unpaired) electrons. The number of hydrogen-bond acceptors (Lipinski definition) is 6. The molecule has 0 aliphatic rings. The van der Waals surface area contributed by atoms with Gasteiger partial charge in [-0.25, -0.2) is 9.59 Å². The van der Waals surface area contributed by atoms with E-state index in [1.807, 2.05) is 13.8 Å². The Labute approximate surface area is 164 Å². The lowest BCUT2D eigenvalue weighted by Crippen LogP contribution is -2.53. The molecule has 0 aliphatic heterocycles. The van der Waals surface area contributed by atoms with Crippen molar-refractivity contribution in [2.45, 2.75) is 65.7 Å². The van der Waals surface area contributed by atoms with E-state index in [1.54, 1.807) is 6.92 Å². The molecule has 0 unspecified atom stereocenters. The first-order valence-corrected chi connectivity index (χ1v) is 14.9. The summed E-state index contributed by atoms with van der Waals surface area (Å²) in [7, 11) is -4.68. The Morgan fingerprint density at radius 1 is 0.963 bits per heavy atom. The number of carbonyl (C=O) groups excluding carboxylic acids is 2. The molecule has 0 atom stereocenters. The Morgan fingerprint density at radius 2 is 1.56 bits per heavy atom. The fourth-order valence-electron chi connectivity index (χ4n) is 2.05. The van der Waals surface area contributed by atoms with Crippen LogP contribution in [-0.2, 0) is 17.7 Å². The summed E-state index contributed by atoms with van der Waals surface area (Å²) in [6, 6.07) is -0.0857. The van der Waals surface area contributed by atoms with Crippen molar-refractivity contribution in [2.75, 3.05) is 26.4 Å². The molecular formula is C16H35N3O6Si2. The molecule has 158 valence electrons. The average Bonchev–Trinajstić information content (AvgIpc) is 2.59. The van der Waals surface area contributed by atoms with Crippen molar-refractivity contribution in [1.82, 2.24) is 5.32 Å². The molecule has 0 aliphatic carbocycles. The van der Waals surface area contributed by atoms with E-state index in [1.165, 1.54) is 0 Å². The quantitative estimate of drug-likeness (QED) is 0.269. The van der Waals surface area contributed by atoms with Crippen molar-refractivity contribution in [3.05, 3.63) is 0 Å². The molecule has 0 fully saturated rings. The lowest BCUT2D eigenvalue weighted by atomic mass is 10.5. The van der Waals surface area contributed by atoms with Gasteiger partial charge in [-0.15, -0.1) is 0 Å². The predicted octanol–water partition coefficient (Wildman–Crippen LogP) is 4.34. The van der Waals surface area contributed by atoms with Crippen LogP contribution in [0.2, 0.25) is 25.7 Å². The van der Waals surface area contributed by atoms with Gasteiger partial charge in [0, 0.05) is 25.8 Å². The van der Waals surface area contributed by atoms with Crippen LogP contribution < -0.4 is 5.32 Å². The molecular weight excluding hydrogens is 386 g/mol. The SMILES string of the molecule is CCCO[Si](CCCNC(=O)/N=N/C(=O)OCC)(OCCC)O[Si](C)(C)C. The fraction of sp³-hybridized carbons (Fsp3) is 0.875. The third-order valence-electron chi connectivity index (χ3n) is 2.94. The van der Waals surface area contributed by atoms with Gasteiger partial charge in [-0.05, 0) is 45.8 Å². The van der Waals surface area contributed by atoms with Crippen LogP contribution >= 0.6 is 0 Å². The molecule has 11 heteroatoms. The Morgan fingerprint density at radius 3 is 2.04 bits per heavy atom. The lowest BCUT2D eigenvalue weighted by Gasteiger charge is -2.35. The van der Waals surface area contributed by atoms with Crippen LogP contribution in [-0.4, -0.2) is 55.6 Å². The molecule has 0 bridgehead atoms. The number of carbonyl (C=O) groups is 2. The van der Waals surface area contributed by atoms with E-state index in [-0.39, 0.29) is 6.61 Å². The number of nitrogens with zero attached hydrogens (tertiary/aromatic N) is 2. The lowest BCUT2D eigenvalue weighted by molar-refractivity contribution is 0.102. The van der Waals surface area contributed by atoms with E-state index in [0.717, 1.165) is 12.8 Å². The number of azo groups is 1. The Hall–Kier alpha value is -1.15. The van der Waals surface area contributed by atoms with Crippen molar-refractivity contribution >= 4 is 29.2 Å². The molecule has 0 rings (SSSR count). The number of nitrogens with one attached hydrogen (secondary N) is 1. The van der Waals surface area contributed by atoms with E-state index in [2.05, 4.69) is 39.9 Å². The molecule has 0 aromatic rings. The third kappa shape index (κ3) is 13.6. The summed E-state index contributed by atoms with van der Waals surface area (Å²) in [4.78, 5) is 22.6. The second-order valence-corrected chi connectivity index (χ2v) is 14.3. The summed E-state index contributed by atoms with van der Waals surface area (Å²) >= 11 is 0. The van der Waals surface area contributed by atoms with Crippen LogP contribution in [0, 0.1) is 0 Å². The smallest absolute Gasteiger partial charge is 0.447 e. The minimum Gasteiger partial charge on any atom is -0.447 e. The average molecular weight is 422 g/mol. The van der Waals surface area contributed by atoms with Gasteiger partial charge < -0.3 is 23.0 Å². The largest absolute Gasteiger partial charge is 0.490 e. The van der Waals surface area contributed by atoms with Crippen LogP contribution in [0.25, 0.3) is 0 Å². The zero-order valence-electron chi connectivity index (χ0n) is 17.5. The van der Waals surface area contributed by atoms with Gasteiger partial charge in [-0.2, -0.15) is 0 Å². The number of hydrogen-bond donors (Lipinski definition) is 1. The van der Waals surface area contributed by atoms with Gasteiger partial charge >= 0.3 is 20.9 Å². The molecule has 0 saturated carbocycles. The zero-order chi connectivity index (χ0) is 20.8. The monoisotopic (exact) mass is 421 g/mol. The second kappa shape index (κ2) is 13.9. The topological polar surface area (TPSA) is 108 Å². The normalized spacial score (nSPS) is 12.4.